The lowest BCUT2D eigenvalue weighted by Gasteiger charge is -2.32. The molecule has 3 aromatic rings. The minimum absolute atomic E-state index is 0.0576. The number of fused-ring (bicyclic) bond motifs is 1. The van der Waals surface area contributed by atoms with Gasteiger partial charge in [0.15, 0.2) is 0 Å². The molecule has 1 aromatic heterocycles. The number of aromatic nitrogens is 3. The van der Waals surface area contributed by atoms with Crippen LogP contribution in [0, 0.1) is 19.7 Å². The van der Waals surface area contributed by atoms with E-state index >= 15 is 4.39 Å². The van der Waals surface area contributed by atoms with Crippen LogP contribution in [0.4, 0.5) is 14.9 Å². The van der Waals surface area contributed by atoms with E-state index in [2.05, 4.69) is 32.3 Å². The highest BCUT2D eigenvalue weighted by Crippen LogP contribution is 2.38. The molecule has 1 N–H and O–H groups in total. The molecular weight excluding hydrogens is 617 g/mol. The molecule has 2 amide bonds. The van der Waals surface area contributed by atoms with Crippen molar-refractivity contribution in [1.29, 1.82) is 0 Å². The molecule has 11 heteroatoms. The quantitative estimate of drug-likeness (QED) is 0.372. The van der Waals surface area contributed by atoms with E-state index in [0.29, 0.717) is 41.9 Å². The Morgan fingerprint density at radius 1 is 1.16 bits per heavy atom. The number of aryl methyl sites for hydroxylation is 2. The van der Waals surface area contributed by atoms with Gasteiger partial charge in [-0.25, -0.2) is 13.9 Å². The molecule has 0 aliphatic carbocycles. The van der Waals surface area contributed by atoms with Gasteiger partial charge in [0.05, 0.1) is 17.9 Å². The van der Waals surface area contributed by atoms with Crippen LogP contribution in [0.25, 0.3) is 0 Å². The molecule has 0 radical (unpaired) electrons. The SMILES string of the molecule is Cc1cc(F)c2c(c1)N(C(=O)OC(C)(C)C)C(C(=O)N1CCCC(O)(c3cn([C@@H](C)c4ccc(Br)c(C)c4)nn3)CC1)C2. The fourth-order valence-electron chi connectivity index (χ4n) is 5.92. The standard InChI is InChI=1S/C32H39BrFN5O4/c1-19-14-25(34)23-17-27(39(26(23)15-19)30(41)43-31(4,5)6)29(40)37-12-7-10-32(42,11-13-37)28-18-38(36-35-28)21(3)22-8-9-24(33)20(2)16-22/h8-9,14-16,18,21,27,42H,7,10-13,17H2,1-6H3/t21-,27?,32?/m0/s1. The molecule has 0 saturated carbocycles. The van der Waals surface area contributed by atoms with Gasteiger partial charge in [0.25, 0.3) is 0 Å². The Labute approximate surface area is 260 Å². The van der Waals surface area contributed by atoms with E-state index in [-0.39, 0.29) is 31.3 Å². The summed E-state index contributed by atoms with van der Waals surface area (Å²) in [6.07, 6.45) is 2.33. The van der Waals surface area contributed by atoms with Crippen LogP contribution >= 0.6 is 15.9 Å². The van der Waals surface area contributed by atoms with Crippen LogP contribution in [0.3, 0.4) is 0 Å². The van der Waals surface area contributed by atoms with Crippen LogP contribution in [-0.2, 0) is 21.6 Å². The van der Waals surface area contributed by atoms with Crippen LogP contribution in [-0.4, -0.2) is 61.7 Å². The summed E-state index contributed by atoms with van der Waals surface area (Å²) in [5.74, 6) is -0.744. The highest BCUT2D eigenvalue weighted by Gasteiger charge is 2.45. The number of nitrogens with zero attached hydrogens (tertiary/aromatic N) is 5. The Hall–Kier alpha value is -3.31. The zero-order valence-corrected chi connectivity index (χ0v) is 27.1. The van der Waals surface area contributed by atoms with E-state index in [1.165, 1.54) is 11.0 Å². The van der Waals surface area contributed by atoms with Crippen LogP contribution < -0.4 is 4.90 Å². The zero-order chi connectivity index (χ0) is 31.3. The van der Waals surface area contributed by atoms with Gasteiger partial charge >= 0.3 is 6.09 Å². The van der Waals surface area contributed by atoms with Crippen LogP contribution in [0.1, 0.15) is 80.9 Å². The first-order valence-electron chi connectivity index (χ1n) is 14.7. The predicted molar refractivity (Wildman–Crippen MR) is 164 cm³/mol. The number of likely N-dealkylation sites (tertiary alicyclic amines) is 1. The molecule has 230 valence electrons. The van der Waals surface area contributed by atoms with Gasteiger partial charge in [-0.05, 0) is 95.7 Å². The number of hydrogen-bond acceptors (Lipinski definition) is 6. The second kappa shape index (κ2) is 11.6. The second-order valence-electron chi connectivity index (χ2n) is 12.8. The second-order valence-corrected chi connectivity index (χ2v) is 13.6. The number of anilines is 1. The third-order valence-electron chi connectivity index (χ3n) is 8.33. The Bertz CT molecular complexity index is 1550. The molecule has 1 fully saturated rings. The lowest BCUT2D eigenvalue weighted by Crippen LogP contribution is -2.51. The molecule has 2 aliphatic heterocycles. The van der Waals surface area contributed by atoms with E-state index < -0.39 is 29.2 Å². The number of aliphatic hydroxyl groups is 1. The Balaban J connectivity index is 1.34. The largest absolute Gasteiger partial charge is 0.443 e. The molecule has 2 aromatic carbocycles. The predicted octanol–water partition coefficient (Wildman–Crippen LogP) is 5.97. The maximum absolute atomic E-state index is 15.0. The first-order chi connectivity index (χ1) is 20.2. The van der Waals surface area contributed by atoms with E-state index in [1.54, 1.807) is 49.5 Å². The third kappa shape index (κ3) is 6.33. The molecule has 3 heterocycles. The number of carbonyl (C=O) groups excluding carboxylic acids is 2. The van der Waals surface area contributed by atoms with Crippen molar-refractivity contribution in [3.05, 3.63) is 74.8 Å². The summed E-state index contributed by atoms with van der Waals surface area (Å²) in [6, 6.07) is 8.23. The number of benzene rings is 2. The van der Waals surface area contributed by atoms with Gasteiger partial charge in [-0.1, -0.05) is 33.3 Å². The Morgan fingerprint density at radius 3 is 2.60 bits per heavy atom. The van der Waals surface area contributed by atoms with Crippen molar-refractivity contribution in [3.63, 3.8) is 0 Å². The Morgan fingerprint density at radius 2 is 1.91 bits per heavy atom. The van der Waals surface area contributed by atoms with Crippen molar-refractivity contribution in [3.8, 4) is 0 Å². The zero-order valence-electron chi connectivity index (χ0n) is 25.5. The summed E-state index contributed by atoms with van der Waals surface area (Å²) in [4.78, 5) is 30.3. The molecule has 43 heavy (non-hydrogen) atoms. The van der Waals surface area contributed by atoms with Crippen LogP contribution in [0.2, 0.25) is 0 Å². The molecule has 3 atom stereocenters. The minimum atomic E-state index is -1.27. The van der Waals surface area contributed by atoms with Crippen molar-refractivity contribution >= 4 is 33.6 Å². The van der Waals surface area contributed by atoms with Gasteiger partial charge in [0, 0.05) is 29.5 Å². The molecule has 5 rings (SSSR count). The average Bonchev–Trinajstić information content (AvgIpc) is 3.52. The van der Waals surface area contributed by atoms with E-state index in [9.17, 15) is 14.7 Å². The van der Waals surface area contributed by atoms with Gasteiger partial charge in [-0.2, -0.15) is 0 Å². The lowest BCUT2D eigenvalue weighted by atomic mass is 9.92. The summed E-state index contributed by atoms with van der Waals surface area (Å²) in [6.45, 7) is 11.7. The molecule has 0 spiro atoms. The first kappa shape index (κ1) is 31.1. The fraction of sp³-hybridized carbons (Fsp3) is 0.500. The fourth-order valence-corrected chi connectivity index (χ4v) is 6.17. The Kier molecular flexibility index (Phi) is 8.43. The van der Waals surface area contributed by atoms with Crippen molar-refractivity contribution in [2.75, 3.05) is 18.0 Å². The van der Waals surface area contributed by atoms with Crippen molar-refractivity contribution in [2.24, 2.45) is 0 Å². The maximum atomic E-state index is 15.0. The number of ether oxygens (including phenoxy) is 1. The number of rotatable bonds is 4. The smallest absolute Gasteiger partial charge is 0.415 e. The summed E-state index contributed by atoms with van der Waals surface area (Å²) < 4.78 is 23.4. The molecule has 1 saturated heterocycles. The van der Waals surface area contributed by atoms with Gasteiger partial charge in [0.1, 0.15) is 28.8 Å². The van der Waals surface area contributed by atoms with Crippen LogP contribution in [0.15, 0.2) is 41.0 Å². The van der Waals surface area contributed by atoms with Gasteiger partial charge in [-0.15, -0.1) is 5.10 Å². The molecule has 2 aliphatic rings. The first-order valence-corrected chi connectivity index (χ1v) is 15.5. The van der Waals surface area contributed by atoms with Crippen molar-refractivity contribution in [2.45, 2.75) is 90.5 Å². The molecule has 2 unspecified atom stereocenters. The maximum Gasteiger partial charge on any atom is 0.415 e. The lowest BCUT2D eigenvalue weighted by molar-refractivity contribution is -0.132. The topological polar surface area (TPSA) is 101 Å². The van der Waals surface area contributed by atoms with E-state index in [0.717, 1.165) is 15.6 Å². The molecule has 0 bridgehead atoms. The summed E-state index contributed by atoms with van der Waals surface area (Å²) >= 11 is 3.54. The van der Waals surface area contributed by atoms with Gasteiger partial charge in [-0.3, -0.25) is 9.69 Å². The number of carbonyl (C=O) groups is 2. The number of amides is 2. The van der Waals surface area contributed by atoms with Crippen molar-refractivity contribution in [1.82, 2.24) is 19.9 Å². The monoisotopic (exact) mass is 655 g/mol. The highest BCUT2D eigenvalue weighted by molar-refractivity contribution is 9.10. The van der Waals surface area contributed by atoms with Gasteiger partial charge in [0.2, 0.25) is 5.91 Å². The van der Waals surface area contributed by atoms with Crippen molar-refractivity contribution < 1.29 is 23.8 Å². The highest BCUT2D eigenvalue weighted by atomic mass is 79.9. The minimum Gasteiger partial charge on any atom is -0.443 e. The number of halogens is 2. The third-order valence-corrected chi connectivity index (χ3v) is 9.22. The molecular formula is C32H39BrFN5O4. The van der Waals surface area contributed by atoms with E-state index in [4.69, 9.17) is 4.74 Å². The average molecular weight is 657 g/mol. The van der Waals surface area contributed by atoms with Gasteiger partial charge < -0.3 is 14.7 Å². The summed E-state index contributed by atoms with van der Waals surface area (Å²) in [5.41, 5.74) is 1.93. The summed E-state index contributed by atoms with van der Waals surface area (Å²) in [7, 11) is 0. The normalized spacial score (nSPS) is 21.4. The molecule has 9 nitrogen and oxygen atoms in total. The summed E-state index contributed by atoms with van der Waals surface area (Å²) in [5, 5.41) is 20.4. The van der Waals surface area contributed by atoms with E-state index in [1.807, 2.05) is 26.0 Å². The number of hydrogen-bond donors (Lipinski definition) is 1. The van der Waals surface area contributed by atoms with Crippen LogP contribution in [0.5, 0.6) is 0 Å².